The Hall–Kier alpha value is -2.38. The summed E-state index contributed by atoms with van der Waals surface area (Å²) in [7, 11) is 0. The highest BCUT2D eigenvalue weighted by atomic mass is 32.1. The number of amides is 1. The van der Waals surface area contributed by atoms with E-state index in [0.717, 1.165) is 10.4 Å². The van der Waals surface area contributed by atoms with Crippen molar-refractivity contribution < 1.29 is 4.79 Å². The maximum atomic E-state index is 11.8. The Bertz CT molecular complexity index is 653. The quantitative estimate of drug-likeness (QED) is 0.872. The highest BCUT2D eigenvalue weighted by Gasteiger charge is 2.08. The van der Waals surface area contributed by atoms with Crippen LogP contribution in [0.1, 0.15) is 29.0 Å². The van der Waals surface area contributed by atoms with Crippen LogP contribution in [0.3, 0.4) is 0 Å². The molecule has 1 N–H and O–H groups in total. The Morgan fingerprint density at radius 1 is 1.35 bits per heavy atom. The summed E-state index contributed by atoms with van der Waals surface area (Å²) in [5, 5.41) is 13.8. The molecule has 0 fully saturated rings. The van der Waals surface area contributed by atoms with E-state index in [0.29, 0.717) is 5.56 Å². The zero-order valence-corrected chi connectivity index (χ0v) is 11.9. The van der Waals surface area contributed by atoms with Gasteiger partial charge in [0, 0.05) is 11.0 Å². The summed E-state index contributed by atoms with van der Waals surface area (Å²) < 4.78 is 0. The minimum atomic E-state index is -0.168. The topological polar surface area (TPSA) is 52.9 Å². The van der Waals surface area contributed by atoms with E-state index in [-0.39, 0.29) is 11.9 Å². The molecule has 1 amide bonds. The Kier molecular flexibility index (Phi) is 4.70. The number of carbonyl (C=O) groups excluding carboxylic acids is 1. The second-order valence-corrected chi connectivity index (χ2v) is 5.26. The lowest BCUT2D eigenvalue weighted by Crippen LogP contribution is -2.23. The lowest BCUT2D eigenvalue weighted by Gasteiger charge is -2.09. The SMILES string of the molecule is CC(NC(=O)C=Cc1ccccc1C#N)c1cccs1. The zero-order chi connectivity index (χ0) is 14.4. The predicted molar refractivity (Wildman–Crippen MR) is 81.1 cm³/mol. The number of nitriles is 1. The summed E-state index contributed by atoms with van der Waals surface area (Å²) >= 11 is 1.61. The third-order valence-electron chi connectivity index (χ3n) is 2.82. The molecule has 2 rings (SSSR count). The average molecular weight is 282 g/mol. The van der Waals surface area contributed by atoms with Gasteiger partial charge in [-0.05, 0) is 36.1 Å². The van der Waals surface area contributed by atoms with Gasteiger partial charge in [-0.3, -0.25) is 4.79 Å². The van der Waals surface area contributed by atoms with Crippen LogP contribution in [0.4, 0.5) is 0 Å². The molecule has 0 spiro atoms. The molecule has 1 unspecified atom stereocenters. The zero-order valence-electron chi connectivity index (χ0n) is 11.0. The Morgan fingerprint density at radius 2 is 2.15 bits per heavy atom. The van der Waals surface area contributed by atoms with Gasteiger partial charge in [-0.2, -0.15) is 5.26 Å². The maximum Gasteiger partial charge on any atom is 0.244 e. The van der Waals surface area contributed by atoms with Crippen LogP contribution >= 0.6 is 11.3 Å². The first-order valence-electron chi connectivity index (χ1n) is 6.22. The fraction of sp³-hybridized carbons (Fsp3) is 0.125. The second kappa shape index (κ2) is 6.69. The number of nitrogens with one attached hydrogen (secondary N) is 1. The largest absolute Gasteiger partial charge is 0.345 e. The number of rotatable bonds is 4. The van der Waals surface area contributed by atoms with Crippen molar-refractivity contribution in [1.82, 2.24) is 5.32 Å². The predicted octanol–water partition coefficient (Wildman–Crippen LogP) is 3.51. The van der Waals surface area contributed by atoms with Crippen molar-refractivity contribution in [3.63, 3.8) is 0 Å². The minimum Gasteiger partial charge on any atom is -0.345 e. The summed E-state index contributed by atoms with van der Waals surface area (Å²) in [5.74, 6) is -0.168. The summed E-state index contributed by atoms with van der Waals surface area (Å²) in [4.78, 5) is 13.0. The molecule has 2 aromatic rings. The summed E-state index contributed by atoms with van der Waals surface area (Å²) in [6.07, 6.45) is 3.12. The molecule has 3 nitrogen and oxygen atoms in total. The fourth-order valence-corrected chi connectivity index (χ4v) is 2.51. The minimum absolute atomic E-state index is 0.0154. The first-order chi connectivity index (χ1) is 9.70. The van der Waals surface area contributed by atoms with E-state index < -0.39 is 0 Å². The highest BCUT2D eigenvalue weighted by Crippen LogP contribution is 2.18. The lowest BCUT2D eigenvalue weighted by atomic mass is 10.1. The van der Waals surface area contributed by atoms with Crippen LogP contribution < -0.4 is 5.32 Å². The second-order valence-electron chi connectivity index (χ2n) is 4.28. The van der Waals surface area contributed by atoms with Gasteiger partial charge in [-0.1, -0.05) is 24.3 Å². The van der Waals surface area contributed by atoms with Crippen molar-refractivity contribution in [2.75, 3.05) is 0 Å². The first-order valence-corrected chi connectivity index (χ1v) is 7.10. The van der Waals surface area contributed by atoms with Crippen molar-refractivity contribution in [3.8, 4) is 6.07 Å². The molecule has 4 heteroatoms. The first kappa shape index (κ1) is 14.0. The molecule has 0 bridgehead atoms. The van der Waals surface area contributed by atoms with Crippen LogP contribution in [0.2, 0.25) is 0 Å². The Balaban J connectivity index is 2.01. The molecule has 0 aliphatic heterocycles. The van der Waals surface area contributed by atoms with Gasteiger partial charge < -0.3 is 5.32 Å². The van der Waals surface area contributed by atoms with Gasteiger partial charge in [-0.15, -0.1) is 11.3 Å². The maximum absolute atomic E-state index is 11.8. The van der Waals surface area contributed by atoms with Gasteiger partial charge in [0.25, 0.3) is 0 Å². The number of hydrogen-bond donors (Lipinski definition) is 1. The molecule has 20 heavy (non-hydrogen) atoms. The molecule has 1 aromatic heterocycles. The molecule has 0 aliphatic carbocycles. The molecule has 0 saturated heterocycles. The summed E-state index contributed by atoms with van der Waals surface area (Å²) in [6.45, 7) is 1.95. The van der Waals surface area contributed by atoms with E-state index in [1.54, 1.807) is 29.5 Å². The molecule has 0 saturated carbocycles. The van der Waals surface area contributed by atoms with Gasteiger partial charge in [0.1, 0.15) is 0 Å². The van der Waals surface area contributed by atoms with Crippen molar-refractivity contribution >= 4 is 23.3 Å². The van der Waals surface area contributed by atoms with E-state index in [2.05, 4.69) is 11.4 Å². The van der Waals surface area contributed by atoms with Crippen LogP contribution in [0, 0.1) is 11.3 Å². The smallest absolute Gasteiger partial charge is 0.244 e. The Labute approximate surface area is 122 Å². The van der Waals surface area contributed by atoms with Gasteiger partial charge in [-0.25, -0.2) is 0 Å². The van der Waals surface area contributed by atoms with Crippen LogP contribution in [0.5, 0.6) is 0 Å². The Morgan fingerprint density at radius 3 is 2.85 bits per heavy atom. The molecule has 1 aromatic carbocycles. The third-order valence-corrected chi connectivity index (χ3v) is 3.88. The van der Waals surface area contributed by atoms with Crippen molar-refractivity contribution in [1.29, 1.82) is 5.26 Å². The van der Waals surface area contributed by atoms with Gasteiger partial charge in [0.05, 0.1) is 17.7 Å². The molecule has 0 radical (unpaired) electrons. The summed E-state index contributed by atoms with van der Waals surface area (Å²) in [6, 6.07) is 13.2. The lowest BCUT2D eigenvalue weighted by molar-refractivity contribution is -0.117. The monoisotopic (exact) mass is 282 g/mol. The van der Waals surface area contributed by atoms with E-state index in [9.17, 15) is 4.79 Å². The number of carbonyl (C=O) groups is 1. The van der Waals surface area contributed by atoms with E-state index in [1.165, 1.54) is 6.08 Å². The van der Waals surface area contributed by atoms with Gasteiger partial charge >= 0.3 is 0 Å². The number of hydrogen-bond acceptors (Lipinski definition) is 3. The van der Waals surface area contributed by atoms with E-state index in [4.69, 9.17) is 5.26 Å². The van der Waals surface area contributed by atoms with Crippen LogP contribution in [-0.2, 0) is 4.79 Å². The van der Waals surface area contributed by atoms with E-state index in [1.807, 2.05) is 36.6 Å². The molecule has 1 heterocycles. The number of thiophene rings is 1. The van der Waals surface area contributed by atoms with Gasteiger partial charge in [0.15, 0.2) is 0 Å². The molecule has 0 aliphatic rings. The van der Waals surface area contributed by atoms with Crippen LogP contribution in [-0.4, -0.2) is 5.91 Å². The normalized spacial score (nSPS) is 12.0. The fourth-order valence-electron chi connectivity index (χ4n) is 1.78. The summed E-state index contributed by atoms with van der Waals surface area (Å²) in [5.41, 5.74) is 1.30. The molecule has 100 valence electrons. The van der Waals surface area contributed by atoms with Crippen LogP contribution in [0.15, 0.2) is 47.9 Å². The van der Waals surface area contributed by atoms with E-state index >= 15 is 0 Å². The molecular formula is C16H14N2OS. The van der Waals surface area contributed by atoms with Gasteiger partial charge in [0.2, 0.25) is 5.91 Å². The molecular weight excluding hydrogens is 268 g/mol. The standard InChI is InChI=1S/C16H14N2OS/c1-12(15-7-4-10-20-15)18-16(19)9-8-13-5-2-3-6-14(13)11-17/h2-10,12H,1H3,(H,18,19). The number of nitrogens with zero attached hydrogens (tertiary/aromatic N) is 1. The molecule has 1 atom stereocenters. The average Bonchev–Trinajstić information content (AvgIpc) is 2.99. The van der Waals surface area contributed by atoms with Crippen molar-refractivity contribution in [3.05, 3.63) is 63.9 Å². The third kappa shape index (κ3) is 3.56. The van der Waals surface area contributed by atoms with Crippen LogP contribution in [0.25, 0.3) is 6.08 Å². The number of benzene rings is 1. The highest BCUT2D eigenvalue weighted by molar-refractivity contribution is 7.10. The van der Waals surface area contributed by atoms with Crippen molar-refractivity contribution in [2.45, 2.75) is 13.0 Å². The van der Waals surface area contributed by atoms with Crippen molar-refractivity contribution in [2.24, 2.45) is 0 Å².